The zero-order valence-corrected chi connectivity index (χ0v) is 12.1. The summed E-state index contributed by atoms with van der Waals surface area (Å²) < 4.78 is 1.35. The Morgan fingerprint density at radius 1 is 1.36 bits per heavy atom. The van der Waals surface area contributed by atoms with E-state index in [0.717, 1.165) is 0 Å². The molecule has 0 radical (unpaired) electrons. The monoisotopic (exact) mass is 298 g/mol. The topological polar surface area (TPSA) is 91.2 Å². The Hall–Kier alpha value is -3.09. The van der Waals surface area contributed by atoms with Crippen molar-refractivity contribution in [2.24, 2.45) is 7.05 Å². The summed E-state index contributed by atoms with van der Waals surface area (Å²) in [5.41, 5.74) is -0.276. The number of carbonyl (C=O) groups is 1. The van der Waals surface area contributed by atoms with Crippen LogP contribution >= 0.6 is 0 Å². The van der Waals surface area contributed by atoms with E-state index in [1.165, 1.54) is 22.7 Å². The number of hydrogen-bond acceptors (Lipinski definition) is 4. The van der Waals surface area contributed by atoms with E-state index < -0.39 is 11.5 Å². The summed E-state index contributed by atoms with van der Waals surface area (Å²) in [6.45, 7) is 0. The number of aryl methyl sites for hydroxylation is 1. The number of hydrogen-bond donors (Lipinski definition) is 2. The van der Waals surface area contributed by atoms with Crippen LogP contribution in [0.5, 0.6) is 5.75 Å². The molecule has 2 heterocycles. The average Bonchev–Trinajstić information content (AvgIpc) is 3.06. The van der Waals surface area contributed by atoms with Crippen molar-refractivity contribution in [2.45, 2.75) is 0 Å². The Kier molecular flexibility index (Phi) is 3.17. The largest absolute Gasteiger partial charge is 0.506 e. The highest BCUT2D eigenvalue weighted by Crippen LogP contribution is 2.26. The lowest BCUT2D eigenvalue weighted by molar-refractivity contribution is 0.0987. The lowest BCUT2D eigenvalue weighted by atomic mass is 10.1. The quantitative estimate of drug-likeness (QED) is 0.744. The van der Waals surface area contributed by atoms with Gasteiger partial charge in [0.2, 0.25) is 5.95 Å². The van der Waals surface area contributed by atoms with Crippen molar-refractivity contribution in [3.63, 3.8) is 0 Å². The van der Waals surface area contributed by atoms with E-state index in [0.29, 0.717) is 16.9 Å². The molecule has 0 aliphatic rings. The Labute approximate surface area is 125 Å². The van der Waals surface area contributed by atoms with Crippen LogP contribution in [0.25, 0.3) is 10.9 Å². The molecule has 2 N–H and O–H groups in total. The van der Waals surface area contributed by atoms with Gasteiger partial charge >= 0.3 is 0 Å². The van der Waals surface area contributed by atoms with E-state index >= 15 is 0 Å². The molecule has 0 atom stereocenters. The third-order valence-electron chi connectivity index (χ3n) is 3.60. The number of anilines is 1. The molecule has 1 amide bonds. The van der Waals surface area contributed by atoms with E-state index in [1.54, 1.807) is 37.5 Å². The summed E-state index contributed by atoms with van der Waals surface area (Å²) in [7, 11) is 3.04. The maximum Gasteiger partial charge on any atom is 0.269 e. The van der Waals surface area contributed by atoms with Crippen LogP contribution in [0.2, 0.25) is 0 Å². The molecule has 0 fully saturated rings. The molecule has 1 aromatic carbocycles. The predicted octanol–water partition coefficient (Wildman–Crippen LogP) is 1.24. The second kappa shape index (κ2) is 5.03. The molecule has 3 rings (SSSR count). The number of amides is 1. The second-order valence-corrected chi connectivity index (χ2v) is 4.88. The van der Waals surface area contributed by atoms with Gasteiger partial charge in [-0.3, -0.25) is 14.5 Å². The number of nitrogens with zero attached hydrogens (tertiary/aromatic N) is 3. The van der Waals surface area contributed by atoms with Crippen molar-refractivity contribution in [2.75, 3.05) is 11.9 Å². The zero-order chi connectivity index (χ0) is 15.9. The molecule has 3 aromatic rings. The summed E-state index contributed by atoms with van der Waals surface area (Å²) in [5, 5.41) is 10.8. The van der Waals surface area contributed by atoms with E-state index in [2.05, 4.69) is 9.97 Å². The maximum absolute atomic E-state index is 12.6. The number of fused-ring (bicyclic) bond motifs is 1. The van der Waals surface area contributed by atoms with Gasteiger partial charge in [0.1, 0.15) is 11.3 Å². The number of aromatic nitrogens is 3. The van der Waals surface area contributed by atoms with E-state index in [4.69, 9.17) is 0 Å². The molecule has 0 aliphatic heterocycles. The molecule has 0 spiro atoms. The summed E-state index contributed by atoms with van der Waals surface area (Å²) in [6.07, 6.45) is 3.06. The normalized spacial score (nSPS) is 10.8. The number of aromatic amines is 1. The van der Waals surface area contributed by atoms with Gasteiger partial charge in [0.05, 0.1) is 5.52 Å². The number of pyridine rings is 1. The first-order valence-electron chi connectivity index (χ1n) is 6.60. The number of para-hydroxylation sites is 1. The number of carbonyl (C=O) groups excluding carboxylic acids is 1. The van der Waals surface area contributed by atoms with Crippen molar-refractivity contribution in [1.82, 2.24) is 14.5 Å². The first-order valence-corrected chi connectivity index (χ1v) is 6.60. The standard InChI is InChI=1S/C15H14N4O3/c1-18-10-6-4-3-5-9(10)12(20)11(13(18)21)14(22)19(2)15-16-7-8-17-15/h3-8,20H,1-2H3,(H,16,17). The first kappa shape index (κ1) is 13.9. The van der Waals surface area contributed by atoms with Crippen LogP contribution in [0.15, 0.2) is 41.5 Å². The van der Waals surface area contributed by atoms with Crippen LogP contribution in [-0.4, -0.2) is 32.6 Å². The molecule has 0 saturated heterocycles. The van der Waals surface area contributed by atoms with Crippen molar-refractivity contribution in [3.8, 4) is 5.75 Å². The van der Waals surface area contributed by atoms with Crippen LogP contribution in [-0.2, 0) is 7.05 Å². The van der Waals surface area contributed by atoms with Gasteiger partial charge in [0.25, 0.3) is 11.5 Å². The van der Waals surface area contributed by atoms with Gasteiger partial charge in [0, 0.05) is 31.9 Å². The summed E-state index contributed by atoms with van der Waals surface area (Å²) >= 11 is 0. The SMILES string of the molecule is CN(C(=O)c1c(O)c2ccccc2n(C)c1=O)c1ncc[nH]1. The zero-order valence-electron chi connectivity index (χ0n) is 12.1. The highest BCUT2D eigenvalue weighted by molar-refractivity contribution is 6.09. The molecule has 0 saturated carbocycles. The van der Waals surface area contributed by atoms with Crippen LogP contribution in [0.3, 0.4) is 0 Å². The van der Waals surface area contributed by atoms with Crippen LogP contribution in [0.1, 0.15) is 10.4 Å². The minimum atomic E-state index is -0.626. The molecule has 7 nitrogen and oxygen atoms in total. The molecular weight excluding hydrogens is 284 g/mol. The van der Waals surface area contributed by atoms with Gasteiger partial charge in [0.15, 0.2) is 0 Å². The number of imidazole rings is 1. The second-order valence-electron chi connectivity index (χ2n) is 4.88. The Bertz CT molecular complexity index is 912. The van der Waals surface area contributed by atoms with E-state index in [-0.39, 0.29) is 11.3 Å². The fourth-order valence-corrected chi connectivity index (χ4v) is 2.38. The van der Waals surface area contributed by atoms with Gasteiger partial charge in [-0.1, -0.05) is 12.1 Å². The number of aromatic hydroxyl groups is 1. The van der Waals surface area contributed by atoms with Gasteiger partial charge in [-0.05, 0) is 12.1 Å². The van der Waals surface area contributed by atoms with Gasteiger partial charge < -0.3 is 14.7 Å². The highest BCUT2D eigenvalue weighted by atomic mass is 16.3. The van der Waals surface area contributed by atoms with Crippen molar-refractivity contribution >= 4 is 22.8 Å². The fourth-order valence-electron chi connectivity index (χ4n) is 2.38. The minimum Gasteiger partial charge on any atom is -0.506 e. The van der Waals surface area contributed by atoms with Gasteiger partial charge in [-0.15, -0.1) is 0 Å². The van der Waals surface area contributed by atoms with Crippen molar-refractivity contribution in [3.05, 3.63) is 52.6 Å². The molecular formula is C15H14N4O3. The molecule has 2 aromatic heterocycles. The lowest BCUT2D eigenvalue weighted by Crippen LogP contribution is -2.34. The predicted molar refractivity (Wildman–Crippen MR) is 82.2 cm³/mol. The number of nitrogens with one attached hydrogen (secondary N) is 1. The molecule has 22 heavy (non-hydrogen) atoms. The molecule has 112 valence electrons. The Balaban J connectivity index is 2.23. The maximum atomic E-state index is 12.6. The van der Waals surface area contributed by atoms with Crippen molar-refractivity contribution < 1.29 is 9.90 Å². The summed E-state index contributed by atoms with van der Waals surface area (Å²) in [4.78, 5) is 33.0. The molecule has 0 bridgehead atoms. The summed E-state index contributed by atoms with van der Waals surface area (Å²) in [5.74, 6) is -0.652. The fraction of sp³-hybridized carbons (Fsp3) is 0.133. The van der Waals surface area contributed by atoms with E-state index in [9.17, 15) is 14.7 Å². The first-order chi connectivity index (χ1) is 10.5. The molecule has 0 unspecified atom stereocenters. The van der Waals surface area contributed by atoms with Gasteiger partial charge in [-0.25, -0.2) is 4.98 Å². The molecule has 0 aliphatic carbocycles. The van der Waals surface area contributed by atoms with E-state index in [1.807, 2.05) is 0 Å². The average molecular weight is 298 g/mol. The van der Waals surface area contributed by atoms with Gasteiger partial charge in [-0.2, -0.15) is 0 Å². The highest BCUT2D eigenvalue weighted by Gasteiger charge is 2.25. The number of H-pyrrole nitrogens is 1. The van der Waals surface area contributed by atoms with Crippen molar-refractivity contribution in [1.29, 1.82) is 0 Å². The Morgan fingerprint density at radius 3 is 2.77 bits per heavy atom. The third-order valence-corrected chi connectivity index (χ3v) is 3.60. The number of rotatable bonds is 2. The van der Waals surface area contributed by atoms with Crippen LogP contribution in [0.4, 0.5) is 5.95 Å². The van der Waals surface area contributed by atoms with Crippen LogP contribution < -0.4 is 10.5 Å². The third kappa shape index (κ3) is 1.95. The lowest BCUT2D eigenvalue weighted by Gasteiger charge is -2.16. The Morgan fingerprint density at radius 2 is 2.09 bits per heavy atom. The van der Waals surface area contributed by atoms with Crippen LogP contribution in [0, 0.1) is 0 Å². The molecule has 7 heteroatoms. The number of benzene rings is 1. The smallest absolute Gasteiger partial charge is 0.269 e. The minimum absolute atomic E-state index is 0.278. The summed E-state index contributed by atoms with van der Waals surface area (Å²) in [6, 6.07) is 6.86.